The van der Waals surface area contributed by atoms with E-state index in [9.17, 15) is 0 Å². The molecule has 2 aromatic carbocycles. The molecule has 0 spiro atoms. The molecule has 0 heterocycles. The van der Waals surface area contributed by atoms with E-state index < -0.39 is 0 Å². The van der Waals surface area contributed by atoms with Crippen LogP contribution < -0.4 is 16.8 Å². The molecule has 300 valence electrons. The summed E-state index contributed by atoms with van der Waals surface area (Å²) in [6.07, 6.45) is 10.2. The van der Waals surface area contributed by atoms with E-state index in [2.05, 4.69) is 158 Å². The Bertz CT molecular complexity index is 991. The Balaban J connectivity index is -0.000000171. The highest BCUT2D eigenvalue weighted by atomic mass is 14.9. The standard InChI is InChI=1S/C12H12.C10H22.C9H22N2.C9H18.2C3H6.C2H7N/c1-9-3-5-11-6-4-10(2)8-12(11)7-9;1-8(2)6-10(5)7-9(3)4;1-8(5-10)6-11-7-9(2,3)4;1-5-6-7-9(4)8(2)3;2*1-3-2;1-2-3/h3-8H,1-2H3;8-10H,6-7H2,1-5H3;8,11H,5-7,10H2,1-4H3;9H,2,5-7H2,1,3-4H3;2*3H,1H2,2H3;2-3H2,1H3. The molecule has 0 aliphatic rings. The minimum absolute atomic E-state index is 0.383. The Morgan fingerprint density at radius 3 is 1.45 bits per heavy atom. The van der Waals surface area contributed by atoms with Gasteiger partial charge in [0.2, 0.25) is 0 Å². The molecule has 3 heteroatoms. The van der Waals surface area contributed by atoms with Crippen LogP contribution in [0.5, 0.6) is 0 Å². The third kappa shape index (κ3) is 50.0. The minimum atomic E-state index is 0.383. The monoisotopic (exact) mass is 712 g/mol. The van der Waals surface area contributed by atoms with Gasteiger partial charge < -0.3 is 16.8 Å². The van der Waals surface area contributed by atoms with Crippen molar-refractivity contribution >= 4 is 10.8 Å². The lowest BCUT2D eigenvalue weighted by molar-refractivity contribution is 0.365. The predicted molar refractivity (Wildman–Crippen MR) is 242 cm³/mol. The maximum absolute atomic E-state index is 5.48. The SMILES string of the molecule is C=C(C)C(C)CCCC.C=CC.C=CC.CC(C)CC(C)CC(C)C.CC(CN)CNCC(C)(C)C.CCN.Cc1ccc2ccc(C)cc2c1. The number of fused-ring (bicyclic) bond motifs is 1. The molecule has 51 heavy (non-hydrogen) atoms. The topological polar surface area (TPSA) is 64.1 Å². The second-order valence-electron chi connectivity index (χ2n) is 16.4. The van der Waals surface area contributed by atoms with Gasteiger partial charge in [-0.1, -0.05) is 168 Å². The molecule has 0 aliphatic heterocycles. The fourth-order valence-electron chi connectivity index (χ4n) is 4.72. The first-order chi connectivity index (χ1) is 23.7. The molecule has 0 radical (unpaired) electrons. The molecule has 0 fully saturated rings. The lowest BCUT2D eigenvalue weighted by Crippen LogP contribution is -2.32. The molecule has 0 saturated carbocycles. The van der Waals surface area contributed by atoms with Crippen molar-refractivity contribution < 1.29 is 0 Å². The van der Waals surface area contributed by atoms with Crippen molar-refractivity contribution in [1.82, 2.24) is 5.32 Å². The molecular formula is C48H93N3. The Labute approximate surface area is 322 Å². The molecule has 2 atom stereocenters. The van der Waals surface area contributed by atoms with E-state index in [0.717, 1.165) is 49.9 Å². The van der Waals surface area contributed by atoms with Crippen molar-refractivity contribution in [2.45, 2.75) is 150 Å². The first kappa shape index (κ1) is 58.1. The van der Waals surface area contributed by atoms with Gasteiger partial charge in [-0.05, 0) is 126 Å². The summed E-state index contributed by atoms with van der Waals surface area (Å²) in [7, 11) is 0. The second-order valence-corrected chi connectivity index (χ2v) is 16.4. The van der Waals surface area contributed by atoms with Gasteiger partial charge in [-0.3, -0.25) is 0 Å². The maximum atomic E-state index is 5.48. The zero-order valence-corrected chi connectivity index (χ0v) is 37.6. The van der Waals surface area contributed by atoms with Crippen LogP contribution in [0.1, 0.15) is 147 Å². The summed E-state index contributed by atoms with van der Waals surface area (Å²) in [4.78, 5) is 0. The van der Waals surface area contributed by atoms with Gasteiger partial charge in [0.1, 0.15) is 0 Å². The van der Waals surface area contributed by atoms with Crippen molar-refractivity contribution in [2.75, 3.05) is 26.2 Å². The van der Waals surface area contributed by atoms with E-state index in [1.54, 1.807) is 12.2 Å². The van der Waals surface area contributed by atoms with Crippen LogP contribution >= 0.6 is 0 Å². The number of rotatable bonds is 12. The molecule has 2 rings (SSSR count). The van der Waals surface area contributed by atoms with Crippen molar-refractivity contribution in [3.63, 3.8) is 0 Å². The van der Waals surface area contributed by atoms with Crippen molar-refractivity contribution in [1.29, 1.82) is 0 Å². The zero-order valence-electron chi connectivity index (χ0n) is 37.6. The van der Waals surface area contributed by atoms with Gasteiger partial charge in [0.05, 0.1) is 0 Å². The second kappa shape index (κ2) is 39.0. The normalized spacial score (nSPS) is 11.3. The van der Waals surface area contributed by atoms with Gasteiger partial charge in [-0.2, -0.15) is 0 Å². The number of benzene rings is 2. The number of hydrogen-bond donors (Lipinski definition) is 3. The maximum Gasteiger partial charge on any atom is -0.000000211 e. The van der Waals surface area contributed by atoms with Gasteiger partial charge in [0, 0.05) is 0 Å². The molecule has 0 amide bonds. The van der Waals surface area contributed by atoms with Gasteiger partial charge in [0.25, 0.3) is 0 Å². The summed E-state index contributed by atoms with van der Waals surface area (Å²) in [5.41, 5.74) is 14.7. The third-order valence-corrected chi connectivity index (χ3v) is 7.28. The molecule has 2 unspecified atom stereocenters. The van der Waals surface area contributed by atoms with Crippen LogP contribution in [-0.2, 0) is 0 Å². The minimum Gasteiger partial charge on any atom is -0.331 e. The molecule has 0 saturated heterocycles. The van der Waals surface area contributed by atoms with Gasteiger partial charge in [-0.15, -0.1) is 13.2 Å². The molecule has 2 aromatic rings. The quantitative estimate of drug-likeness (QED) is 0.192. The van der Waals surface area contributed by atoms with Crippen LogP contribution in [0.3, 0.4) is 0 Å². The van der Waals surface area contributed by atoms with Crippen LogP contribution in [-0.4, -0.2) is 26.2 Å². The van der Waals surface area contributed by atoms with E-state index in [1.807, 2.05) is 20.8 Å². The van der Waals surface area contributed by atoms with Crippen molar-refractivity contribution in [3.05, 3.63) is 85.0 Å². The summed E-state index contributed by atoms with van der Waals surface area (Å²) in [5, 5.41) is 6.06. The lowest BCUT2D eigenvalue weighted by Gasteiger charge is -2.20. The summed E-state index contributed by atoms with van der Waals surface area (Å²) in [6.45, 7) is 51.2. The van der Waals surface area contributed by atoms with E-state index in [0.29, 0.717) is 11.3 Å². The number of hydrogen-bond acceptors (Lipinski definition) is 3. The molecule has 0 aliphatic carbocycles. The Morgan fingerprint density at radius 1 is 0.765 bits per heavy atom. The van der Waals surface area contributed by atoms with Gasteiger partial charge in [0.15, 0.2) is 0 Å². The summed E-state index contributed by atoms with van der Waals surface area (Å²) in [5.74, 6) is 3.98. The molecule has 0 aromatic heterocycles. The lowest BCUT2D eigenvalue weighted by atomic mass is 9.91. The fourth-order valence-corrected chi connectivity index (χ4v) is 4.72. The van der Waals surface area contributed by atoms with E-state index >= 15 is 0 Å². The summed E-state index contributed by atoms with van der Waals surface area (Å²) < 4.78 is 0. The van der Waals surface area contributed by atoms with Crippen LogP contribution in [0.25, 0.3) is 10.8 Å². The number of nitrogens with one attached hydrogen (secondary N) is 1. The van der Waals surface area contributed by atoms with E-state index in [4.69, 9.17) is 11.5 Å². The Kier molecular flexibility index (Phi) is 44.5. The third-order valence-electron chi connectivity index (χ3n) is 7.28. The average Bonchev–Trinajstić information content (AvgIpc) is 3.00. The molecule has 3 nitrogen and oxygen atoms in total. The van der Waals surface area contributed by atoms with Crippen molar-refractivity contribution in [2.24, 2.45) is 46.5 Å². The largest absolute Gasteiger partial charge is 0.331 e. The van der Waals surface area contributed by atoms with Crippen LogP contribution in [0.4, 0.5) is 0 Å². The highest BCUT2D eigenvalue weighted by Crippen LogP contribution is 2.19. The summed E-state index contributed by atoms with van der Waals surface area (Å²) in [6, 6.07) is 13.1. The fraction of sp³-hybridized carbons (Fsp3) is 0.667. The van der Waals surface area contributed by atoms with Crippen LogP contribution in [0.15, 0.2) is 73.9 Å². The number of nitrogens with two attached hydrogens (primary N) is 2. The molecule has 5 N–H and O–H groups in total. The first-order valence-corrected chi connectivity index (χ1v) is 20.0. The van der Waals surface area contributed by atoms with Crippen molar-refractivity contribution in [3.8, 4) is 0 Å². The average molecular weight is 712 g/mol. The number of allylic oxidation sites excluding steroid dienone is 3. The molecule has 0 bridgehead atoms. The first-order valence-electron chi connectivity index (χ1n) is 20.0. The van der Waals surface area contributed by atoms with E-state index in [1.165, 1.54) is 59.6 Å². The molecular weight excluding hydrogens is 619 g/mol. The Morgan fingerprint density at radius 2 is 1.16 bits per heavy atom. The predicted octanol–water partition coefficient (Wildman–Crippen LogP) is 14.1. The van der Waals surface area contributed by atoms with E-state index in [-0.39, 0.29) is 0 Å². The van der Waals surface area contributed by atoms with Crippen LogP contribution in [0.2, 0.25) is 0 Å². The number of aryl methyl sites for hydroxylation is 2. The van der Waals surface area contributed by atoms with Gasteiger partial charge >= 0.3 is 0 Å². The highest BCUT2D eigenvalue weighted by Gasteiger charge is 2.09. The Hall–Kier alpha value is -2.20. The van der Waals surface area contributed by atoms with Gasteiger partial charge in [-0.25, -0.2) is 0 Å². The highest BCUT2D eigenvalue weighted by molar-refractivity contribution is 5.83. The summed E-state index contributed by atoms with van der Waals surface area (Å²) >= 11 is 0. The zero-order chi connectivity index (χ0) is 41.0. The smallest absolute Gasteiger partial charge is 0.000000211 e. The number of unbranched alkanes of at least 4 members (excludes halogenated alkanes) is 1. The van der Waals surface area contributed by atoms with Crippen LogP contribution in [0, 0.1) is 48.9 Å².